The van der Waals surface area contributed by atoms with Crippen molar-refractivity contribution in [3.8, 4) is 11.1 Å². The van der Waals surface area contributed by atoms with E-state index in [1.807, 2.05) is 57.2 Å². The number of hydrogen-bond acceptors (Lipinski definition) is 3. The molecule has 0 heterocycles. The molecular formula is C21H21NO2. The van der Waals surface area contributed by atoms with Crippen molar-refractivity contribution < 1.29 is 0 Å². The third-order valence-corrected chi connectivity index (χ3v) is 4.70. The Morgan fingerprint density at radius 2 is 1.58 bits per heavy atom. The third kappa shape index (κ3) is 2.56. The van der Waals surface area contributed by atoms with Gasteiger partial charge in [0.05, 0.1) is 5.56 Å². The van der Waals surface area contributed by atoms with Crippen LogP contribution in [0.3, 0.4) is 0 Å². The average molecular weight is 319 g/mol. The van der Waals surface area contributed by atoms with E-state index in [0.29, 0.717) is 11.3 Å². The van der Waals surface area contributed by atoms with Crippen molar-refractivity contribution in [2.24, 2.45) is 0 Å². The van der Waals surface area contributed by atoms with Crippen LogP contribution in [0.1, 0.15) is 29.2 Å². The predicted octanol–water partition coefficient (Wildman–Crippen LogP) is 4.18. The first-order valence-corrected chi connectivity index (χ1v) is 8.20. The second-order valence-electron chi connectivity index (χ2n) is 6.29. The standard InChI is InChI=1S/C21H21NO2/c1-5-15-8-6-7-13(3)18(15)22-19-17(20(23)21(19)24)16-10-9-12(2)14(4)11-16/h6-11,22H,5H2,1-4H3. The van der Waals surface area contributed by atoms with Crippen molar-refractivity contribution in [3.63, 3.8) is 0 Å². The Kier molecular flexibility index (Phi) is 4.10. The second kappa shape index (κ2) is 6.08. The number of benzene rings is 2. The van der Waals surface area contributed by atoms with E-state index in [0.717, 1.165) is 34.4 Å². The molecule has 0 atom stereocenters. The first-order chi connectivity index (χ1) is 11.4. The topological polar surface area (TPSA) is 46.2 Å². The number of para-hydroxylation sites is 1. The summed E-state index contributed by atoms with van der Waals surface area (Å²) in [5.41, 5.74) is 6.26. The van der Waals surface area contributed by atoms with Crippen LogP contribution < -0.4 is 16.2 Å². The molecule has 3 aromatic carbocycles. The van der Waals surface area contributed by atoms with E-state index in [1.165, 1.54) is 5.56 Å². The molecule has 0 fully saturated rings. The van der Waals surface area contributed by atoms with Gasteiger partial charge in [-0.15, -0.1) is 0 Å². The first kappa shape index (κ1) is 16.2. The lowest BCUT2D eigenvalue weighted by Crippen LogP contribution is -2.35. The average Bonchev–Trinajstić information content (AvgIpc) is 2.58. The maximum atomic E-state index is 12.2. The summed E-state index contributed by atoms with van der Waals surface area (Å²) in [6, 6.07) is 11.9. The molecule has 0 amide bonds. The van der Waals surface area contributed by atoms with E-state index < -0.39 is 10.9 Å². The molecule has 3 nitrogen and oxygen atoms in total. The van der Waals surface area contributed by atoms with E-state index in [-0.39, 0.29) is 0 Å². The number of hydrogen-bond donors (Lipinski definition) is 1. The summed E-state index contributed by atoms with van der Waals surface area (Å²) in [7, 11) is 0. The Morgan fingerprint density at radius 1 is 0.833 bits per heavy atom. The fourth-order valence-electron chi connectivity index (χ4n) is 3.01. The summed E-state index contributed by atoms with van der Waals surface area (Å²) < 4.78 is 0. The van der Waals surface area contributed by atoms with Crippen LogP contribution >= 0.6 is 0 Å². The zero-order valence-electron chi connectivity index (χ0n) is 14.5. The molecule has 24 heavy (non-hydrogen) atoms. The summed E-state index contributed by atoms with van der Waals surface area (Å²) in [5.74, 6) is 0. The van der Waals surface area contributed by atoms with Crippen LogP contribution in [0.2, 0.25) is 0 Å². The van der Waals surface area contributed by atoms with E-state index in [1.54, 1.807) is 0 Å². The molecule has 3 rings (SSSR count). The third-order valence-electron chi connectivity index (χ3n) is 4.70. The van der Waals surface area contributed by atoms with Crippen LogP contribution in [0.25, 0.3) is 11.1 Å². The van der Waals surface area contributed by atoms with Gasteiger partial charge in [-0.2, -0.15) is 0 Å². The fraction of sp³-hybridized carbons (Fsp3) is 0.238. The number of rotatable bonds is 4. The maximum absolute atomic E-state index is 12.2. The molecule has 1 N–H and O–H groups in total. The van der Waals surface area contributed by atoms with Gasteiger partial charge in [0, 0.05) is 5.69 Å². The van der Waals surface area contributed by atoms with Gasteiger partial charge >= 0.3 is 0 Å². The van der Waals surface area contributed by atoms with Gasteiger partial charge in [0.1, 0.15) is 5.69 Å². The number of anilines is 2. The largest absolute Gasteiger partial charge is 0.351 e. The van der Waals surface area contributed by atoms with Crippen LogP contribution in [0.5, 0.6) is 0 Å². The highest BCUT2D eigenvalue weighted by Crippen LogP contribution is 2.30. The summed E-state index contributed by atoms with van der Waals surface area (Å²) in [6.07, 6.45) is 0.860. The molecule has 0 aliphatic rings. The Labute approximate surface area is 141 Å². The fourth-order valence-corrected chi connectivity index (χ4v) is 3.01. The van der Waals surface area contributed by atoms with Gasteiger partial charge in [0.15, 0.2) is 0 Å². The smallest absolute Gasteiger partial charge is 0.250 e. The molecular weight excluding hydrogens is 298 g/mol. The Morgan fingerprint density at radius 3 is 2.25 bits per heavy atom. The van der Waals surface area contributed by atoms with Crippen LogP contribution in [-0.2, 0) is 6.42 Å². The van der Waals surface area contributed by atoms with Gasteiger partial charge in [-0.25, -0.2) is 0 Å². The van der Waals surface area contributed by atoms with Crippen molar-refractivity contribution in [1.29, 1.82) is 0 Å². The second-order valence-corrected chi connectivity index (χ2v) is 6.29. The minimum Gasteiger partial charge on any atom is -0.351 e. The summed E-state index contributed by atoms with van der Waals surface area (Å²) in [6.45, 7) is 8.12. The SMILES string of the molecule is CCc1cccc(C)c1Nc1c(-c2ccc(C)c(C)c2)c(=O)c1=O. The van der Waals surface area contributed by atoms with Gasteiger partial charge in [-0.05, 0) is 55.0 Å². The van der Waals surface area contributed by atoms with Crippen LogP contribution in [0.15, 0.2) is 46.0 Å². The minimum atomic E-state index is -0.437. The Bertz CT molecular complexity index is 992. The highest BCUT2D eigenvalue weighted by Gasteiger charge is 2.23. The van der Waals surface area contributed by atoms with Crippen molar-refractivity contribution in [1.82, 2.24) is 0 Å². The molecule has 0 unspecified atom stereocenters. The van der Waals surface area contributed by atoms with Crippen molar-refractivity contribution in [3.05, 3.63) is 79.1 Å². The van der Waals surface area contributed by atoms with Gasteiger partial charge in [0.2, 0.25) is 5.43 Å². The van der Waals surface area contributed by atoms with Crippen molar-refractivity contribution >= 4 is 11.4 Å². The molecule has 0 bridgehead atoms. The predicted molar refractivity (Wildman–Crippen MR) is 100 cm³/mol. The normalized spacial score (nSPS) is 11.0. The Hall–Kier alpha value is -2.68. The first-order valence-electron chi connectivity index (χ1n) is 8.20. The molecule has 3 heteroatoms. The number of nitrogens with one attached hydrogen (secondary N) is 1. The lowest BCUT2D eigenvalue weighted by atomic mass is 9.95. The molecule has 3 aromatic rings. The van der Waals surface area contributed by atoms with E-state index in [4.69, 9.17) is 0 Å². The molecule has 0 saturated heterocycles. The van der Waals surface area contributed by atoms with Crippen molar-refractivity contribution in [2.75, 3.05) is 5.32 Å². The lowest BCUT2D eigenvalue weighted by Gasteiger charge is -2.18. The molecule has 0 radical (unpaired) electrons. The minimum absolute atomic E-state index is 0.409. The van der Waals surface area contributed by atoms with E-state index in [9.17, 15) is 9.59 Å². The molecule has 0 aromatic heterocycles. The highest BCUT2D eigenvalue weighted by atomic mass is 16.2. The van der Waals surface area contributed by atoms with Crippen LogP contribution in [0.4, 0.5) is 11.4 Å². The van der Waals surface area contributed by atoms with Crippen LogP contribution in [0, 0.1) is 20.8 Å². The van der Waals surface area contributed by atoms with Gasteiger partial charge in [-0.3, -0.25) is 9.59 Å². The van der Waals surface area contributed by atoms with Gasteiger partial charge < -0.3 is 5.32 Å². The molecule has 0 spiro atoms. The quantitative estimate of drug-likeness (QED) is 0.734. The molecule has 0 aliphatic heterocycles. The molecule has 0 aliphatic carbocycles. The van der Waals surface area contributed by atoms with E-state index in [2.05, 4.69) is 12.2 Å². The summed E-state index contributed by atoms with van der Waals surface area (Å²) >= 11 is 0. The van der Waals surface area contributed by atoms with Gasteiger partial charge in [0.25, 0.3) is 5.43 Å². The maximum Gasteiger partial charge on any atom is 0.250 e. The van der Waals surface area contributed by atoms with Crippen LogP contribution in [-0.4, -0.2) is 0 Å². The molecule has 0 saturated carbocycles. The monoisotopic (exact) mass is 319 g/mol. The van der Waals surface area contributed by atoms with E-state index >= 15 is 0 Å². The Balaban J connectivity index is 2.09. The lowest BCUT2D eigenvalue weighted by molar-refractivity contribution is 1.13. The molecule has 122 valence electrons. The zero-order valence-corrected chi connectivity index (χ0v) is 14.5. The summed E-state index contributed by atoms with van der Waals surface area (Å²) in [5, 5.41) is 3.24. The zero-order chi connectivity index (χ0) is 17.4. The highest BCUT2D eigenvalue weighted by molar-refractivity contribution is 5.86. The van der Waals surface area contributed by atoms with Crippen molar-refractivity contribution in [2.45, 2.75) is 34.1 Å². The van der Waals surface area contributed by atoms with Gasteiger partial charge in [-0.1, -0.05) is 43.3 Å². The summed E-state index contributed by atoms with van der Waals surface area (Å²) in [4.78, 5) is 24.3. The number of aryl methyl sites for hydroxylation is 4.